The van der Waals surface area contributed by atoms with E-state index < -0.39 is 21.9 Å². The fourth-order valence-corrected chi connectivity index (χ4v) is 3.80. The van der Waals surface area contributed by atoms with Crippen molar-refractivity contribution in [3.05, 3.63) is 53.6 Å². The zero-order valence-electron chi connectivity index (χ0n) is 12.7. The van der Waals surface area contributed by atoms with Crippen LogP contribution in [0.25, 0.3) is 0 Å². The first kappa shape index (κ1) is 16.1. The summed E-state index contributed by atoms with van der Waals surface area (Å²) < 4.78 is 30.3. The minimum atomic E-state index is -3.90. The number of rotatable bonds is 4. The Labute approximate surface area is 138 Å². The van der Waals surface area contributed by atoms with Gasteiger partial charge in [-0.3, -0.25) is 9.78 Å². The van der Waals surface area contributed by atoms with Crippen molar-refractivity contribution in [3.63, 3.8) is 0 Å². The summed E-state index contributed by atoms with van der Waals surface area (Å²) >= 11 is 0. The molecule has 0 bridgehead atoms. The predicted molar refractivity (Wildman–Crippen MR) is 81.7 cm³/mol. The largest absolute Gasteiger partial charge is 0.459 e. The Balaban J connectivity index is 1.67. The smallest absolute Gasteiger partial charge is 0.358 e. The molecule has 0 saturated heterocycles. The number of ether oxygens (including phenoxy) is 1. The van der Waals surface area contributed by atoms with E-state index >= 15 is 0 Å². The van der Waals surface area contributed by atoms with Gasteiger partial charge in [-0.05, 0) is 19.1 Å². The van der Waals surface area contributed by atoms with Crippen molar-refractivity contribution in [3.8, 4) is 0 Å². The maximum atomic E-state index is 12.3. The van der Waals surface area contributed by atoms with Crippen molar-refractivity contribution in [1.29, 1.82) is 0 Å². The van der Waals surface area contributed by atoms with Gasteiger partial charge >= 0.3 is 5.97 Å². The molecule has 3 rings (SSSR count). The molecule has 8 nitrogen and oxygen atoms in total. The highest BCUT2D eigenvalue weighted by atomic mass is 32.2. The quantitative estimate of drug-likeness (QED) is 0.753. The summed E-state index contributed by atoms with van der Waals surface area (Å²) in [7, 11) is -3.90. The van der Waals surface area contributed by atoms with Crippen LogP contribution in [-0.4, -0.2) is 47.7 Å². The summed E-state index contributed by atoms with van der Waals surface area (Å²) in [6.45, 7) is 1.19. The van der Waals surface area contributed by atoms with Crippen molar-refractivity contribution in [2.45, 2.75) is 11.8 Å². The number of aromatic nitrogens is 2. The first-order chi connectivity index (χ1) is 11.4. The molecule has 1 aliphatic rings. The molecule has 1 aliphatic heterocycles. The van der Waals surface area contributed by atoms with Gasteiger partial charge in [0.15, 0.2) is 5.69 Å². The molecular formula is C15H13N3O5S. The van der Waals surface area contributed by atoms with Crippen LogP contribution in [-0.2, 0) is 14.8 Å². The number of benzene rings is 1. The van der Waals surface area contributed by atoms with Gasteiger partial charge < -0.3 is 4.74 Å². The summed E-state index contributed by atoms with van der Waals surface area (Å²) in [6.07, 6.45) is 2.69. The van der Waals surface area contributed by atoms with E-state index in [4.69, 9.17) is 4.74 Å². The molecule has 1 amide bonds. The highest BCUT2D eigenvalue weighted by molar-refractivity contribution is 7.90. The Morgan fingerprint density at radius 3 is 2.62 bits per heavy atom. The third-order valence-corrected chi connectivity index (χ3v) is 5.27. The molecule has 0 N–H and O–H groups in total. The molecule has 1 aromatic heterocycles. The minimum absolute atomic E-state index is 0.0134. The molecule has 0 aliphatic carbocycles. The predicted octanol–water partition coefficient (Wildman–Crippen LogP) is 0.787. The van der Waals surface area contributed by atoms with Crippen LogP contribution in [0.5, 0.6) is 0 Å². The van der Waals surface area contributed by atoms with Crippen molar-refractivity contribution in [2.75, 3.05) is 13.2 Å². The summed E-state index contributed by atoms with van der Waals surface area (Å²) in [5, 5.41) is 0. The number of carbonyl (C=O) groups excluding carboxylic acids is 2. The molecule has 24 heavy (non-hydrogen) atoms. The van der Waals surface area contributed by atoms with Crippen molar-refractivity contribution >= 4 is 21.9 Å². The Kier molecular flexibility index (Phi) is 4.02. The van der Waals surface area contributed by atoms with E-state index in [2.05, 4.69) is 9.97 Å². The van der Waals surface area contributed by atoms with Gasteiger partial charge in [-0.15, -0.1) is 0 Å². The Morgan fingerprint density at radius 2 is 1.96 bits per heavy atom. The van der Waals surface area contributed by atoms with E-state index in [0.29, 0.717) is 10.00 Å². The maximum Gasteiger partial charge on any atom is 0.358 e. The Morgan fingerprint density at radius 1 is 1.21 bits per heavy atom. The summed E-state index contributed by atoms with van der Waals surface area (Å²) in [6, 6.07) is 5.95. The second-order valence-corrected chi connectivity index (χ2v) is 6.89. The highest BCUT2D eigenvalue weighted by Gasteiger charge is 2.40. The van der Waals surface area contributed by atoms with Crippen LogP contribution in [0.15, 0.2) is 41.6 Å². The molecule has 1 aromatic carbocycles. The molecule has 0 atom stereocenters. The van der Waals surface area contributed by atoms with Crippen LogP contribution < -0.4 is 0 Å². The third-order valence-electron chi connectivity index (χ3n) is 3.43. The van der Waals surface area contributed by atoms with Gasteiger partial charge in [0.2, 0.25) is 0 Å². The Bertz CT molecular complexity index is 909. The van der Waals surface area contributed by atoms with Crippen LogP contribution in [0.2, 0.25) is 0 Å². The number of aryl methyl sites for hydroxylation is 1. The zero-order chi connectivity index (χ0) is 17.3. The number of hydrogen-bond acceptors (Lipinski definition) is 7. The summed E-state index contributed by atoms with van der Waals surface area (Å²) in [5.74, 6) is -1.36. The summed E-state index contributed by atoms with van der Waals surface area (Å²) in [5.41, 5.74) is 0.783. The zero-order valence-corrected chi connectivity index (χ0v) is 13.5. The lowest BCUT2D eigenvalue weighted by Gasteiger charge is -2.14. The van der Waals surface area contributed by atoms with Gasteiger partial charge in [-0.1, -0.05) is 12.1 Å². The van der Waals surface area contributed by atoms with E-state index in [-0.39, 0.29) is 29.3 Å². The van der Waals surface area contributed by atoms with Crippen LogP contribution in [0.4, 0.5) is 0 Å². The standard InChI is InChI=1S/C15H13N3O5S/c1-10-8-17-12(9-16-10)15(20)23-7-6-18-14(19)11-4-2-3-5-13(11)24(18,21)22/h2-5,8-9H,6-7H2,1H3. The second kappa shape index (κ2) is 6.00. The maximum absolute atomic E-state index is 12.3. The molecule has 9 heteroatoms. The first-order valence-electron chi connectivity index (χ1n) is 7.03. The number of carbonyl (C=O) groups is 2. The van der Waals surface area contributed by atoms with E-state index in [9.17, 15) is 18.0 Å². The number of fused-ring (bicyclic) bond motifs is 1. The topological polar surface area (TPSA) is 107 Å². The molecule has 0 radical (unpaired) electrons. The van der Waals surface area contributed by atoms with Crippen LogP contribution in [0.3, 0.4) is 0 Å². The van der Waals surface area contributed by atoms with Crippen LogP contribution in [0, 0.1) is 6.92 Å². The molecule has 0 spiro atoms. The molecule has 2 heterocycles. The molecular weight excluding hydrogens is 334 g/mol. The fourth-order valence-electron chi connectivity index (χ4n) is 2.25. The number of amides is 1. The Hall–Kier alpha value is -2.81. The fraction of sp³-hybridized carbons (Fsp3) is 0.200. The van der Waals surface area contributed by atoms with E-state index in [1.807, 2.05) is 0 Å². The molecule has 0 unspecified atom stereocenters. The second-order valence-electron chi connectivity index (χ2n) is 5.06. The molecule has 2 aromatic rings. The highest BCUT2D eigenvalue weighted by Crippen LogP contribution is 2.29. The van der Waals surface area contributed by atoms with E-state index in [1.54, 1.807) is 19.1 Å². The monoisotopic (exact) mass is 347 g/mol. The lowest BCUT2D eigenvalue weighted by Crippen LogP contribution is -2.33. The van der Waals surface area contributed by atoms with Gasteiger partial charge in [0.1, 0.15) is 11.5 Å². The number of esters is 1. The third kappa shape index (κ3) is 2.73. The van der Waals surface area contributed by atoms with Crippen LogP contribution in [0.1, 0.15) is 26.5 Å². The normalized spacial score (nSPS) is 15.2. The van der Waals surface area contributed by atoms with Crippen molar-refractivity contribution < 1.29 is 22.7 Å². The van der Waals surface area contributed by atoms with Gasteiger partial charge in [0.25, 0.3) is 15.9 Å². The van der Waals surface area contributed by atoms with Crippen molar-refractivity contribution in [1.82, 2.24) is 14.3 Å². The number of nitrogens with zero attached hydrogens (tertiary/aromatic N) is 3. The molecule has 0 saturated carbocycles. The van der Waals surface area contributed by atoms with Gasteiger partial charge in [-0.2, -0.15) is 0 Å². The van der Waals surface area contributed by atoms with Gasteiger partial charge in [0.05, 0.1) is 24.0 Å². The number of sulfonamides is 1. The van der Waals surface area contributed by atoms with Gasteiger partial charge in [0, 0.05) is 6.20 Å². The van der Waals surface area contributed by atoms with Crippen LogP contribution >= 0.6 is 0 Å². The average molecular weight is 347 g/mol. The average Bonchev–Trinajstić information content (AvgIpc) is 2.76. The SMILES string of the molecule is Cc1cnc(C(=O)OCCN2C(=O)c3ccccc3S2(=O)=O)cn1. The number of hydrogen-bond donors (Lipinski definition) is 0. The molecule has 124 valence electrons. The minimum Gasteiger partial charge on any atom is -0.459 e. The van der Waals surface area contributed by atoms with E-state index in [0.717, 1.165) is 0 Å². The van der Waals surface area contributed by atoms with Gasteiger partial charge in [-0.25, -0.2) is 22.5 Å². The summed E-state index contributed by atoms with van der Waals surface area (Å²) in [4.78, 5) is 31.7. The molecule has 0 fully saturated rings. The van der Waals surface area contributed by atoms with Crippen molar-refractivity contribution in [2.24, 2.45) is 0 Å². The van der Waals surface area contributed by atoms with E-state index in [1.165, 1.54) is 24.5 Å². The lowest BCUT2D eigenvalue weighted by molar-refractivity contribution is 0.0470. The first-order valence-corrected chi connectivity index (χ1v) is 8.47. The lowest BCUT2D eigenvalue weighted by atomic mass is 10.2.